The van der Waals surface area contributed by atoms with Gasteiger partial charge in [0.15, 0.2) is 0 Å². The zero-order valence-corrected chi connectivity index (χ0v) is 9.16. The third kappa shape index (κ3) is 3.35. The van der Waals surface area contributed by atoms with Crippen molar-refractivity contribution in [3.63, 3.8) is 0 Å². The van der Waals surface area contributed by atoms with E-state index in [1.54, 1.807) is 0 Å². The van der Waals surface area contributed by atoms with Crippen LogP contribution in [0.5, 0.6) is 0 Å². The highest BCUT2D eigenvalue weighted by atomic mass is 32.1. The lowest BCUT2D eigenvalue weighted by atomic mass is 10.1. The number of hydrogen-bond acceptors (Lipinski definition) is 1. The number of nitrogens with zero attached hydrogens (tertiary/aromatic N) is 1. The molecule has 0 aromatic rings. The van der Waals surface area contributed by atoms with Crippen LogP contribution in [0.4, 0.5) is 0 Å². The van der Waals surface area contributed by atoms with E-state index >= 15 is 0 Å². The molecule has 0 aliphatic carbocycles. The van der Waals surface area contributed by atoms with E-state index in [4.69, 9.17) is 12.2 Å². The van der Waals surface area contributed by atoms with Crippen LogP contribution in [0.3, 0.4) is 0 Å². The molecule has 1 unspecified atom stereocenters. The van der Waals surface area contributed by atoms with Crippen LogP contribution in [0.25, 0.3) is 0 Å². The monoisotopic (exact) mass is 185 g/mol. The second-order valence-electron chi connectivity index (χ2n) is 2.94. The molecule has 2 heteroatoms. The Morgan fingerprint density at radius 3 is 2.33 bits per heavy atom. The Morgan fingerprint density at radius 2 is 2.00 bits per heavy atom. The lowest BCUT2D eigenvalue weighted by Crippen LogP contribution is -2.33. The first-order valence-electron chi connectivity index (χ1n) is 4.57. The molecule has 0 saturated carbocycles. The Morgan fingerprint density at radius 1 is 1.50 bits per heavy atom. The molecule has 12 heavy (non-hydrogen) atoms. The summed E-state index contributed by atoms with van der Waals surface area (Å²) in [5.74, 6) is 0.456. The maximum absolute atomic E-state index is 5.34. The second-order valence-corrected chi connectivity index (χ2v) is 3.35. The van der Waals surface area contributed by atoms with Gasteiger partial charge < -0.3 is 4.90 Å². The zero-order chi connectivity index (χ0) is 9.56. The van der Waals surface area contributed by atoms with E-state index < -0.39 is 0 Å². The molecular weight excluding hydrogens is 166 g/mol. The lowest BCUT2D eigenvalue weighted by molar-refractivity contribution is 0.447. The first kappa shape index (κ1) is 11.6. The largest absolute Gasteiger partial charge is 0.366 e. The molecule has 1 nitrogen and oxygen atoms in total. The Labute approximate surface area is 81.5 Å². The topological polar surface area (TPSA) is 3.24 Å². The fraction of sp³-hybridized carbons (Fsp3) is 0.700. The molecular formula is C10H19NS. The summed E-state index contributed by atoms with van der Waals surface area (Å²) in [5.41, 5.74) is 0. The van der Waals surface area contributed by atoms with Gasteiger partial charge in [-0.25, -0.2) is 0 Å². The van der Waals surface area contributed by atoms with Gasteiger partial charge in [-0.3, -0.25) is 0 Å². The maximum atomic E-state index is 5.34. The van der Waals surface area contributed by atoms with Crippen LogP contribution in [-0.2, 0) is 0 Å². The van der Waals surface area contributed by atoms with Gasteiger partial charge in [-0.2, -0.15) is 0 Å². The maximum Gasteiger partial charge on any atom is 0.0810 e. The highest BCUT2D eigenvalue weighted by molar-refractivity contribution is 7.80. The SMILES string of the molecule is C=CCC(C)C(=S)N(CC)CC. The predicted octanol–water partition coefficient (Wildman–Crippen LogP) is 2.87. The molecule has 0 bridgehead atoms. The van der Waals surface area contributed by atoms with Gasteiger partial charge in [-0.05, 0) is 20.3 Å². The molecule has 0 heterocycles. The average Bonchev–Trinajstić information content (AvgIpc) is 2.07. The highest BCUT2D eigenvalue weighted by Crippen LogP contribution is 2.09. The quantitative estimate of drug-likeness (QED) is 0.478. The van der Waals surface area contributed by atoms with E-state index in [0.717, 1.165) is 24.5 Å². The summed E-state index contributed by atoms with van der Waals surface area (Å²) in [6, 6.07) is 0. The Bertz CT molecular complexity index is 150. The van der Waals surface area contributed by atoms with E-state index in [1.807, 2.05) is 6.08 Å². The summed E-state index contributed by atoms with van der Waals surface area (Å²) >= 11 is 5.34. The van der Waals surface area contributed by atoms with Gasteiger partial charge in [0, 0.05) is 19.0 Å². The van der Waals surface area contributed by atoms with Crippen molar-refractivity contribution in [1.82, 2.24) is 4.90 Å². The van der Waals surface area contributed by atoms with Crippen LogP contribution in [0.15, 0.2) is 12.7 Å². The third-order valence-electron chi connectivity index (χ3n) is 2.02. The molecule has 0 rings (SSSR count). The van der Waals surface area contributed by atoms with Crippen molar-refractivity contribution in [2.24, 2.45) is 5.92 Å². The predicted molar refractivity (Wildman–Crippen MR) is 59.5 cm³/mol. The van der Waals surface area contributed by atoms with E-state index in [-0.39, 0.29) is 0 Å². The van der Waals surface area contributed by atoms with Crippen LogP contribution < -0.4 is 0 Å². The Kier molecular flexibility index (Phi) is 5.99. The van der Waals surface area contributed by atoms with E-state index in [0.29, 0.717) is 5.92 Å². The standard InChI is InChI=1S/C10H19NS/c1-5-8-9(4)10(12)11(6-2)7-3/h5,9H,1,6-8H2,2-4H3. The fourth-order valence-corrected chi connectivity index (χ4v) is 1.55. The van der Waals surface area contributed by atoms with Crippen LogP contribution in [0.2, 0.25) is 0 Å². The molecule has 70 valence electrons. The van der Waals surface area contributed by atoms with Gasteiger partial charge in [0.2, 0.25) is 0 Å². The summed E-state index contributed by atoms with van der Waals surface area (Å²) in [5, 5.41) is 0. The van der Waals surface area contributed by atoms with Crippen LogP contribution in [0, 0.1) is 5.92 Å². The van der Waals surface area contributed by atoms with Crippen molar-refractivity contribution in [1.29, 1.82) is 0 Å². The van der Waals surface area contributed by atoms with Crippen LogP contribution >= 0.6 is 12.2 Å². The summed E-state index contributed by atoms with van der Waals surface area (Å²) in [4.78, 5) is 3.30. The summed E-state index contributed by atoms with van der Waals surface area (Å²) in [7, 11) is 0. The molecule has 0 aromatic carbocycles. The number of thiocarbonyl (C=S) groups is 1. The first-order valence-corrected chi connectivity index (χ1v) is 4.97. The van der Waals surface area contributed by atoms with Gasteiger partial charge >= 0.3 is 0 Å². The number of allylic oxidation sites excluding steroid dienone is 1. The van der Waals surface area contributed by atoms with Gasteiger partial charge in [0.1, 0.15) is 0 Å². The lowest BCUT2D eigenvalue weighted by Gasteiger charge is -2.25. The zero-order valence-electron chi connectivity index (χ0n) is 8.34. The Balaban J connectivity index is 4.05. The number of rotatable bonds is 5. The van der Waals surface area contributed by atoms with Crippen molar-refractivity contribution < 1.29 is 0 Å². The minimum absolute atomic E-state index is 0.456. The molecule has 0 aliphatic heterocycles. The molecule has 0 fully saturated rings. The summed E-state index contributed by atoms with van der Waals surface area (Å²) in [6.07, 6.45) is 2.91. The molecule has 1 atom stereocenters. The molecule has 0 amide bonds. The summed E-state index contributed by atoms with van der Waals surface area (Å²) in [6.45, 7) is 12.2. The minimum atomic E-state index is 0.456. The molecule has 0 saturated heterocycles. The minimum Gasteiger partial charge on any atom is -0.366 e. The molecule has 0 N–H and O–H groups in total. The summed E-state index contributed by atoms with van der Waals surface area (Å²) < 4.78 is 0. The number of hydrogen-bond donors (Lipinski definition) is 0. The van der Waals surface area contributed by atoms with Crippen molar-refractivity contribution in [2.75, 3.05) is 13.1 Å². The van der Waals surface area contributed by atoms with Gasteiger partial charge in [-0.15, -0.1) is 6.58 Å². The third-order valence-corrected chi connectivity index (χ3v) is 2.68. The first-order chi connectivity index (χ1) is 5.67. The van der Waals surface area contributed by atoms with Gasteiger partial charge in [-0.1, -0.05) is 25.2 Å². The Hall–Kier alpha value is -0.370. The molecule has 0 aliphatic rings. The highest BCUT2D eigenvalue weighted by Gasteiger charge is 2.11. The van der Waals surface area contributed by atoms with Crippen molar-refractivity contribution >= 4 is 17.2 Å². The molecule has 0 spiro atoms. The molecule has 0 radical (unpaired) electrons. The van der Waals surface area contributed by atoms with Crippen molar-refractivity contribution in [2.45, 2.75) is 27.2 Å². The van der Waals surface area contributed by atoms with E-state index in [9.17, 15) is 0 Å². The van der Waals surface area contributed by atoms with E-state index in [1.165, 1.54) is 0 Å². The van der Waals surface area contributed by atoms with E-state index in [2.05, 4.69) is 32.3 Å². The van der Waals surface area contributed by atoms with Crippen molar-refractivity contribution in [3.8, 4) is 0 Å². The van der Waals surface area contributed by atoms with Crippen LogP contribution in [-0.4, -0.2) is 23.0 Å². The van der Waals surface area contributed by atoms with Crippen molar-refractivity contribution in [3.05, 3.63) is 12.7 Å². The van der Waals surface area contributed by atoms with Crippen LogP contribution in [0.1, 0.15) is 27.2 Å². The van der Waals surface area contributed by atoms with Gasteiger partial charge in [0.05, 0.1) is 4.99 Å². The van der Waals surface area contributed by atoms with Gasteiger partial charge in [0.25, 0.3) is 0 Å². The average molecular weight is 185 g/mol. The smallest absolute Gasteiger partial charge is 0.0810 e. The second kappa shape index (κ2) is 6.18. The fourth-order valence-electron chi connectivity index (χ4n) is 1.20. The normalized spacial score (nSPS) is 12.2. The molecule has 0 aromatic heterocycles.